The van der Waals surface area contributed by atoms with Crippen molar-refractivity contribution in [3.8, 4) is 5.75 Å². The average molecular weight is 395 g/mol. The van der Waals surface area contributed by atoms with E-state index in [2.05, 4.69) is 0 Å². The molecule has 1 amide bonds. The lowest BCUT2D eigenvalue weighted by Gasteiger charge is -2.33. The van der Waals surface area contributed by atoms with Crippen molar-refractivity contribution in [1.29, 1.82) is 0 Å². The first-order chi connectivity index (χ1) is 12.8. The molecule has 9 nitrogen and oxygen atoms in total. The summed E-state index contributed by atoms with van der Waals surface area (Å²) in [6, 6.07) is 3.53. The van der Waals surface area contributed by atoms with Gasteiger partial charge < -0.3 is 9.64 Å². The van der Waals surface area contributed by atoms with Crippen molar-refractivity contribution in [2.75, 3.05) is 33.3 Å². The number of hydrogen-bond donors (Lipinski definition) is 0. The summed E-state index contributed by atoms with van der Waals surface area (Å²) in [5.74, 6) is -0.201. The van der Waals surface area contributed by atoms with Crippen LogP contribution < -0.4 is 4.74 Å². The highest BCUT2D eigenvalue weighted by atomic mass is 32.2. The number of allylic oxidation sites excluding steroid dienone is 3. The number of amides is 1. The van der Waals surface area contributed by atoms with Gasteiger partial charge in [-0.1, -0.05) is 18.2 Å². The van der Waals surface area contributed by atoms with E-state index in [9.17, 15) is 23.3 Å². The van der Waals surface area contributed by atoms with E-state index in [1.807, 2.05) is 6.92 Å². The van der Waals surface area contributed by atoms with E-state index in [0.29, 0.717) is 0 Å². The highest BCUT2D eigenvalue weighted by Gasteiger charge is 2.31. The van der Waals surface area contributed by atoms with Crippen molar-refractivity contribution in [2.24, 2.45) is 0 Å². The molecule has 0 saturated carbocycles. The Hall–Kier alpha value is -2.72. The number of nitro groups is 1. The summed E-state index contributed by atoms with van der Waals surface area (Å²) in [6.07, 6.45) is 6.58. The first-order valence-electron chi connectivity index (χ1n) is 8.22. The maximum absolute atomic E-state index is 12.8. The van der Waals surface area contributed by atoms with E-state index in [0.717, 1.165) is 6.07 Å². The number of methoxy groups -OCH3 is 1. The minimum Gasteiger partial charge on any atom is -0.490 e. The number of nitro benzene ring substituents is 1. The van der Waals surface area contributed by atoms with Gasteiger partial charge in [-0.2, -0.15) is 4.31 Å². The molecular formula is C17H21N3O6S. The molecule has 1 heterocycles. The highest BCUT2D eigenvalue weighted by molar-refractivity contribution is 7.89. The minimum absolute atomic E-state index is 0.0118. The molecule has 2 rings (SSSR count). The van der Waals surface area contributed by atoms with Crippen LogP contribution in [0.4, 0.5) is 5.69 Å². The number of piperazine rings is 1. The highest BCUT2D eigenvalue weighted by Crippen LogP contribution is 2.30. The van der Waals surface area contributed by atoms with Crippen LogP contribution in [0, 0.1) is 10.1 Å². The van der Waals surface area contributed by atoms with Gasteiger partial charge in [0, 0.05) is 38.3 Å². The van der Waals surface area contributed by atoms with Gasteiger partial charge in [-0.05, 0) is 19.1 Å². The van der Waals surface area contributed by atoms with Gasteiger partial charge in [0.05, 0.1) is 16.9 Å². The Morgan fingerprint density at radius 1 is 1.22 bits per heavy atom. The zero-order valence-electron chi connectivity index (χ0n) is 15.1. The van der Waals surface area contributed by atoms with Crippen LogP contribution >= 0.6 is 0 Å². The molecule has 0 aromatic heterocycles. The van der Waals surface area contributed by atoms with Crippen molar-refractivity contribution in [3.05, 3.63) is 52.6 Å². The molecule has 1 aliphatic heterocycles. The maximum atomic E-state index is 12.8. The second-order valence-electron chi connectivity index (χ2n) is 5.71. The average Bonchev–Trinajstić information content (AvgIpc) is 2.67. The fraction of sp³-hybridized carbons (Fsp3) is 0.353. The predicted molar refractivity (Wildman–Crippen MR) is 98.9 cm³/mol. The summed E-state index contributed by atoms with van der Waals surface area (Å²) < 4.78 is 31.7. The van der Waals surface area contributed by atoms with Gasteiger partial charge in [0.15, 0.2) is 5.75 Å². The van der Waals surface area contributed by atoms with Crippen LogP contribution in [0.5, 0.6) is 5.75 Å². The van der Waals surface area contributed by atoms with Crippen molar-refractivity contribution < 1.29 is 22.9 Å². The molecule has 0 radical (unpaired) electrons. The fourth-order valence-corrected chi connectivity index (χ4v) is 4.07. The van der Waals surface area contributed by atoms with Crippen LogP contribution in [-0.4, -0.2) is 61.7 Å². The second-order valence-corrected chi connectivity index (χ2v) is 7.64. The molecule has 1 aromatic rings. The molecule has 10 heteroatoms. The summed E-state index contributed by atoms with van der Waals surface area (Å²) >= 11 is 0. The Labute approximate surface area is 157 Å². The number of rotatable bonds is 6. The number of ether oxygens (including phenoxy) is 1. The van der Waals surface area contributed by atoms with Crippen molar-refractivity contribution in [1.82, 2.24) is 9.21 Å². The standard InChI is InChI=1S/C17H21N3O6S/c1-3-4-5-6-17(21)18-9-11-19(12-10-18)27(24,25)14-7-8-16(26-2)15(13-14)20(22)23/h3-8,13H,9-12H2,1-2H3/b4-3+,6-5+. The molecule has 1 saturated heterocycles. The van der Waals surface area contributed by atoms with E-state index >= 15 is 0 Å². The summed E-state index contributed by atoms with van der Waals surface area (Å²) in [5, 5.41) is 11.1. The Bertz CT molecular complexity index is 871. The monoisotopic (exact) mass is 395 g/mol. The molecule has 1 aromatic carbocycles. The predicted octanol–water partition coefficient (Wildman–Crippen LogP) is 1.57. The molecule has 0 aliphatic carbocycles. The quantitative estimate of drug-likeness (QED) is 0.313. The zero-order chi connectivity index (χ0) is 20.0. The minimum atomic E-state index is -3.91. The lowest BCUT2D eigenvalue weighted by Crippen LogP contribution is -2.50. The number of carbonyl (C=O) groups is 1. The van der Waals surface area contributed by atoms with E-state index in [-0.39, 0.29) is 42.7 Å². The molecule has 0 unspecified atom stereocenters. The molecule has 0 atom stereocenters. The Morgan fingerprint density at radius 3 is 2.44 bits per heavy atom. The van der Waals surface area contributed by atoms with Crippen LogP contribution in [0.25, 0.3) is 0 Å². The van der Waals surface area contributed by atoms with Gasteiger partial charge in [-0.3, -0.25) is 14.9 Å². The van der Waals surface area contributed by atoms with E-state index in [4.69, 9.17) is 4.74 Å². The topological polar surface area (TPSA) is 110 Å². The largest absolute Gasteiger partial charge is 0.490 e. The lowest BCUT2D eigenvalue weighted by molar-refractivity contribution is -0.386. The maximum Gasteiger partial charge on any atom is 0.312 e. The third kappa shape index (κ3) is 4.72. The zero-order valence-corrected chi connectivity index (χ0v) is 15.9. The summed E-state index contributed by atoms with van der Waals surface area (Å²) in [6.45, 7) is 2.56. The number of carbonyl (C=O) groups excluding carboxylic acids is 1. The summed E-state index contributed by atoms with van der Waals surface area (Å²) in [7, 11) is -2.63. The SMILES string of the molecule is C/C=C/C=C/C(=O)N1CCN(S(=O)(=O)c2ccc(OC)c([N+](=O)[O-])c2)CC1. The molecule has 0 N–H and O–H groups in total. The number of sulfonamides is 1. The Balaban J connectivity index is 2.14. The van der Waals surface area contributed by atoms with Crippen LogP contribution in [0.1, 0.15) is 6.92 Å². The molecule has 146 valence electrons. The first-order valence-corrected chi connectivity index (χ1v) is 9.66. The number of hydrogen-bond acceptors (Lipinski definition) is 6. The van der Waals surface area contributed by atoms with Crippen molar-refractivity contribution >= 4 is 21.6 Å². The van der Waals surface area contributed by atoms with E-state index < -0.39 is 20.6 Å². The summed E-state index contributed by atoms with van der Waals surface area (Å²) in [4.78, 5) is 23.9. The van der Waals surface area contributed by atoms with Crippen LogP contribution in [0.15, 0.2) is 47.4 Å². The van der Waals surface area contributed by atoms with Crippen LogP contribution in [-0.2, 0) is 14.8 Å². The second kappa shape index (κ2) is 8.78. The molecule has 0 spiro atoms. The van der Waals surface area contributed by atoms with E-state index in [1.165, 1.54) is 29.6 Å². The van der Waals surface area contributed by atoms with Gasteiger partial charge >= 0.3 is 5.69 Å². The number of nitrogens with zero attached hydrogens (tertiary/aromatic N) is 3. The van der Waals surface area contributed by atoms with Gasteiger partial charge in [0.1, 0.15) is 0 Å². The lowest BCUT2D eigenvalue weighted by atomic mass is 10.3. The van der Waals surface area contributed by atoms with Crippen LogP contribution in [0.3, 0.4) is 0 Å². The molecule has 1 aliphatic rings. The third-order valence-corrected chi connectivity index (χ3v) is 5.97. The van der Waals surface area contributed by atoms with Gasteiger partial charge in [-0.25, -0.2) is 8.42 Å². The Morgan fingerprint density at radius 2 is 1.89 bits per heavy atom. The van der Waals surface area contributed by atoms with Crippen LogP contribution in [0.2, 0.25) is 0 Å². The fourth-order valence-electron chi connectivity index (χ4n) is 2.63. The first kappa shape index (κ1) is 20.6. The molecule has 27 heavy (non-hydrogen) atoms. The van der Waals surface area contributed by atoms with Crippen molar-refractivity contribution in [2.45, 2.75) is 11.8 Å². The van der Waals surface area contributed by atoms with Gasteiger partial charge in [0.2, 0.25) is 15.9 Å². The molecule has 0 bridgehead atoms. The summed E-state index contributed by atoms with van der Waals surface area (Å²) in [5.41, 5.74) is -0.415. The van der Waals surface area contributed by atoms with Gasteiger partial charge in [0.25, 0.3) is 0 Å². The molecular weight excluding hydrogens is 374 g/mol. The molecule has 1 fully saturated rings. The number of benzene rings is 1. The van der Waals surface area contributed by atoms with Crippen molar-refractivity contribution in [3.63, 3.8) is 0 Å². The van der Waals surface area contributed by atoms with Gasteiger partial charge in [-0.15, -0.1) is 0 Å². The smallest absolute Gasteiger partial charge is 0.312 e. The van der Waals surface area contributed by atoms with E-state index in [1.54, 1.807) is 23.1 Å². The third-order valence-electron chi connectivity index (χ3n) is 4.08. The normalized spacial score (nSPS) is 16.1. The Kier molecular flexibility index (Phi) is 6.70.